The maximum atomic E-state index is 11.3. The fourth-order valence-electron chi connectivity index (χ4n) is 1.92. The lowest BCUT2D eigenvalue weighted by molar-refractivity contribution is -0.147. The van der Waals surface area contributed by atoms with E-state index >= 15 is 0 Å². The Morgan fingerprint density at radius 2 is 1.94 bits per heavy atom. The van der Waals surface area contributed by atoms with E-state index in [4.69, 9.17) is 5.11 Å². The molecule has 0 aliphatic heterocycles. The van der Waals surface area contributed by atoms with Gasteiger partial charge in [0.1, 0.15) is 6.61 Å². The van der Waals surface area contributed by atoms with Crippen molar-refractivity contribution in [3.8, 4) is 0 Å². The van der Waals surface area contributed by atoms with Gasteiger partial charge in [-0.05, 0) is 12.8 Å². The molecule has 0 saturated heterocycles. The molecule has 0 spiro atoms. The lowest BCUT2D eigenvalue weighted by Gasteiger charge is -2.34. The summed E-state index contributed by atoms with van der Waals surface area (Å²) in [5.41, 5.74) is 0. The van der Waals surface area contributed by atoms with Gasteiger partial charge in [-0.3, -0.25) is 4.79 Å². The van der Waals surface area contributed by atoms with Crippen LogP contribution in [0.3, 0.4) is 0 Å². The van der Waals surface area contributed by atoms with Gasteiger partial charge < -0.3 is 25.4 Å². The molecule has 7 nitrogen and oxygen atoms in total. The van der Waals surface area contributed by atoms with E-state index < -0.39 is 36.2 Å². The molecule has 1 rings (SSSR count). The van der Waals surface area contributed by atoms with Gasteiger partial charge in [-0.25, -0.2) is 4.79 Å². The zero-order valence-electron chi connectivity index (χ0n) is 9.78. The van der Waals surface area contributed by atoms with Crippen molar-refractivity contribution in [1.29, 1.82) is 0 Å². The van der Waals surface area contributed by atoms with Crippen LogP contribution in [0.25, 0.3) is 0 Å². The number of alkyl carbamates (subject to hydrolysis) is 1. The first-order chi connectivity index (χ1) is 8.45. The molecule has 0 aromatic heterocycles. The fraction of sp³-hybridized carbons (Fsp3) is 0.636. The van der Waals surface area contributed by atoms with Crippen molar-refractivity contribution >= 4 is 12.1 Å². The zero-order chi connectivity index (χ0) is 13.7. The maximum absolute atomic E-state index is 11.3. The van der Waals surface area contributed by atoms with E-state index in [1.807, 2.05) is 0 Å². The molecule has 0 aromatic carbocycles. The van der Waals surface area contributed by atoms with Gasteiger partial charge in [0.2, 0.25) is 0 Å². The molecule has 1 amide bonds. The number of aliphatic hydroxyl groups is 2. The van der Waals surface area contributed by atoms with Crippen molar-refractivity contribution in [3.63, 3.8) is 0 Å². The smallest absolute Gasteiger partial charge is 0.407 e. The number of carboxylic acid groups (broad SMARTS) is 1. The van der Waals surface area contributed by atoms with Crippen molar-refractivity contribution < 1.29 is 29.6 Å². The number of aliphatic carboxylic acids is 1. The Hall–Kier alpha value is -1.60. The number of hydrogen-bond donors (Lipinski definition) is 4. The van der Waals surface area contributed by atoms with Crippen molar-refractivity contribution in [1.82, 2.24) is 5.32 Å². The average molecular weight is 259 g/mol. The number of aliphatic hydroxyl groups excluding tert-OH is 2. The van der Waals surface area contributed by atoms with Gasteiger partial charge in [0.05, 0.1) is 18.1 Å². The minimum absolute atomic E-state index is 0.0153. The van der Waals surface area contributed by atoms with Gasteiger partial charge in [0.25, 0.3) is 0 Å². The highest BCUT2D eigenvalue weighted by Crippen LogP contribution is 2.25. The highest BCUT2D eigenvalue weighted by Gasteiger charge is 2.40. The van der Waals surface area contributed by atoms with Crippen LogP contribution < -0.4 is 5.32 Å². The van der Waals surface area contributed by atoms with Crippen molar-refractivity contribution in [2.45, 2.75) is 31.1 Å². The largest absolute Gasteiger partial charge is 0.481 e. The maximum Gasteiger partial charge on any atom is 0.407 e. The van der Waals surface area contributed by atoms with Crippen LogP contribution >= 0.6 is 0 Å². The molecule has 0 aromatic rings. The molecule has 102 valence electrons. The summed E-state index contributed by atoms with van der Waals surface area (Å²) >= 11 is 0. The van der Waals surface area contributed by atoms with E-state index in [-0.39, 0.29) is 19.4 Å². The number of carbonyl (C=O) groups is 2. The summed E-state index contributed by atoms with van der Waals surface area (Å²) in [6.07, 6.45) is -1.66. The zero-order valence-corrected chi connectivity index (χ0v) is 9.78. The second-order valence-electron chi connectivity index (χ2n) is 4.19. The van der Waals surface area contributed by atoms with E-state index in [0.717, 1.165) is 0 Å². The molecule has 0 radical (unpaired) electrons. The van der Waals surface area contributed by atoms with Gasteiger partial charge in [0.15, 0.2) is 0 Å². The van der Waals surface area contributed by atoms with Crippen LogP contribution in [0.15, 0.2) is 12.7 Å². The van der Waals surface area contributed by atoms with Crippen molar-refractivity contribution in [2.75, 3.05) is 6.61 Å². The lowest BCUT2D eigenvalue weighted by atomic mass is 9.81. The number of carbonyl (C=O) groups excluding carboxylic acids is 1. The third-order valence-electron chi connectivity index (χ3n) is 2.87. The van der Waals surface area contributed by atoms with Gasteiger partial charge in [-0.15, -0.1) is 0 Å². The molecule has 1 aliphatic carbocycles. The molecule has 0 heterocycles. The molecule has 1 saturated carbocycles. The van der Waals surface area contributed by atoms with Crippen LogP contribution in [0, 0.1) is 5.92 Å². The van der Waals surface area contributed by atoms with Gasteiger partial charge in [-0.1, -0.05) is 12.7 Å². The Labute approximate surface area is 104 Å². The van der Waals surface area contributed by atoms with Crippen LogP contribution in [0.4, 0.5) is 4.79 Å². The topological polar surface area (TPSA) is 116 Å². The summed E-state index contributed by atoms with van der Waals surface area (Å²) in [5.74, 6) is -2.07. The Morgan fingerprint density at radius 3 is 2.50 bits per heavy atom. The predicted octanol–water partition coefficient (Wildman–Crippen LogP) is -0.516. The van der Waals surface area contributed by atoms with E-state index in [9.17, 15) is 19.8 Å². The van der Waals surface area contributed by atoms with E-state index in [1.165, 1.54) is 6.08 Å². The molecule has 1 fully saturated rings. The van der Waals surface area contributed by atoms with Crippen LogP contribution in [0.5, 0.6) is 0 Å². The second kappa shape index (κ2) is 6.36. The minimum Gasteiger partial charge on any atom is -0.481 e. The van der Waals surface area contributed by atoms with Gasteiger partial charge in [-0.2, -0.15) is 0 Å². The van der Waals surface area contributed by atoms with Crippen LogP contribution in [-0.2, 0) is 9.53 Å². The number of rotatable bonds is 4. The Morgan fingerprint density at radius 1 is 1.33 bits per heavy atom. The first kappa shape index (κ1) is 14.5. The van der Waals surface area contributed by atoms with Crippen LogP contribution in [0.2, 0.25) is 0 Å². The second-order valence-corrected chi connectivity index (χ2v) is 4.19. The lowest BCUT2D eigenvalue weighted by Crippen LogP contribution is -2.52. The summed E-state index contributed by atoms with van der Waals surface area (Å²) in [6, 6.07) is -0.766. The standard InChI is InChI=1S/C11H17NO6/c1-2-3-18-11(17)12-7-5-9(14)8(13)4-6(7)10(15)16/h2,6-9,13-14H,1,3-5H2,(H,12,17)(H,15,16)/t6-,7+,8+,9-/m1/s1. The molecule has 4 N–H and O–H groups in total. The van der Waals surface area contributed by atoms with Crippen LogP contribution in [0.1, 0.15) is 12.8 Å². The molecule has 0 bridgehead atoms. The first-order valence-electron chi connectivity index (χ1n) is 5.58. The monoisotopic (exact) mass is 259 g/mol. The van der Waals surface area contributed by atoms with Crippen LogP contribution in [-0.4, -0.2) is 52.2 Å². The third kappa shape index (κ3) is 3.71. The predicted molar refractivity (Wildman–Crippen MR) is 60.8 cm³/mol. The molecular formula is C11H17NO6. The van der Waals surface area contributed by atoms with E-state index in [1.54, 1.807) is 0 Å². The number of hydrogen-bond acceptors (Lipinski definition) is 5. The molecule has 1 aliphatic rings. The summed E-state index contributed by atoms with van der Waals surface area (Å²) in [5, 5.41) is 30.3. The summed E-state index contributed by atoms with van der Waals surface area (Å²) in [6.45, 7) is 3.39. The minimum atomic E-state index is -1.13. The molecule has 7 heteroatoms. The van der Waals surface area contributed by atoms with E-state index in [0.29, 0.717) is 0 Å². The highest BCUT2D eigenvalue weighted by atomic mass is 16.5. The summed E-state index contributed by atoms with van der Waals surface area (Å²) in [4.78, 5) is 22.3. The molecule has 18 heavy (non-hydrogen) atoms. The number of amides is 1. The van der Waals surface area contributed by atoms with Gasteiger partial charge >= 0.3 is 12.1 Å². The molecular weight excluding hydrogens is 242 g/mol. The normalized spacial score (nSPS) is 31.4. The average Bonchev–Trinajstić information content (AvgIpc) is 2.30. The van der Waals surface area contributed by atoms with E-state index in [2.05, 4.69) is 16.6 Å². The molecule has 0 unspecified atom stereocenters. The van der Waals surface area contributed by atoms with Crippen molar-refractivity contribution in [3.05, 3.63) is 12.7 Å². The third-order valence-corrected chi connectivity index (χ3v) is 2.87. The Kier molecular flexibility index (Phi) is 5.11. The highest BCUT2D eigenvalue weighted by molar-refractivity contribution is 5.73. The number of nitrogens with one attached hydrogen (secondary N) is 1. The van der Waals surface area contributed by atoms with Crippen molar-refractivity contribution in [2.24, 2.45) is 5.92 Å². The number of ether oxygens (including phenoxy) is 1. The SMILES string of the molecule is C=CCOC(=O)N[C@H]1C[C@@H](O)[C@@H](O)C[C@H]1C(=O)O. The Balaban J connectivity index is 2.62. The first-order valence-corrected chi connectivity index (χ1v) is 5.58. The number of carboxylic acids is 1. The summed E-state index contributed by atoms with van der Waals surface area (Å²) < 4.78 is 4.68. The fourth-order valence-corrected chi connectivity index (χ4v) is 1.92. The molecule has 4 atom stereocenters. The Bertz CT molecular complexity index is 331. The van der Waals surface area contributed by atoms with Gasteiger partial charge in [0, 0.05) is 6.04 Å². The summed E-state index contributed by atoms with van der Waals surface area (Å²) in [7, 11) is 0. The quantitative estimate of drug-likeness (QED) is 0.505.